The van der Waals surface area contributed by atoms with Gasteiger partial charge in [-0.05, 0) is 38.8 Å². The summed E-state index contributed by atoms with van der Waals surface area (Å²) in [6, 6.07) is 5.84. The number of carbonyl (C=O) groups excluding carboxylic acids is 1. The number of nitrogens with zero attached hydrogens (tertiary/aromatic N) is 4. The van der Waals surface area contributed by atoms with Crippen molar-refractivity contribution in [1.82, 2.24) is 19.2 Å². The van der Waals surface area contributed by atoms with E-state index in [9.17, 15) is 14.7 Å². The van der Waals surface area contributed by atoms with E-state index in [1.54, 1.807) is 4.90 Å². The van der Waals surface area contributed by atoms with Gasteiger partial charge in [-0.15, -0.1) is 0 Å². The monoisotopic (exact) mass is 442 g/mol. The minimum atomic E-state index is -0.901. The number of carbonyl (C=O) groups is 1. The molecular weight excluding hydrogens is 408 g/mol. The molecule has 0 aliphatic rings. The summed E-state index contributed by atoms with van der Waals surface area (Å²) in [6.07, 6.45) is 1.02. The molecule has 1 atom stereocenters. The largest absolute Gasteiger partial charge is 0.389 e. The summed E-state index contributed by atoms with van der Waals surface area (Å²) in [5.74, 6) is -0.224. The lowest BCUT2D eigenvalue weighted by atomic mass is 10.1. The average molecular weight is 443 g/mol. The van der Waals surface area contributed by atoms with Gasteiger partial charge in [-0.3, -0.25) is 9.59 Å². The fourth-order valence-electron chi connectivity index (χ4n) is 4.14. The van der Waals surface area contributed by atoms with E-state index < -0.39 is 6.10 Å². The molecule has 0 aliphatic carbocycles. The van der Waals surface area contributed by atoms with Gasteiger partial charge in [-0.25, -0.2) is 4.68 Å². The zero-order chi connectivity index (χ0) is 23.4. The number of benzene rings is 1. The maximum absolute atomic E-state index is 13.4. The lowest BCUT2D eigenvalue weighted by Crippen LogP contribution is -2.36. The van der Waals surface area contributed by atoms with E-state index >= 15 is 0 Å². The van der Waals surface area contributed by atoms with Gasteiger partial charge in [0, 0.05) is 43.0 Å². The Labute approximate surface area is 188 Å². The van der Waals surface area contributed by atoms with E-state index in [1.165, 1.54) is 4.68 Å². The van der Waals surface area contributed by atoms with Crippen LogP contribution in [0.2, 0.25) is 0 Å². The second kappa shape index (κ2) is 10.3. The molecule has 2 aromatic heterocycles. The third-order valence-electron chi connectivity index (χ3n) is 5.92. The van der Waals surface area contributed by atoms with Crippen molar-refractivity contribution < 1.29 is 14.6 Å². The fourth-order valence-corrected chi connectivity index (χ4v) is 4.14. The highest BCUT2D eigenvalue weighted by atomic mass is 16.5. The number of hydrogen-bond acceptors (Lipinski definition) is 5. The number of aliphatic hydroxyl groups excluding tert-OH is 1. The maximum atomic E-state index is 13.4. The molecule has 8 nitrogen and oxygen atoms in total. The topological polar surface area (TPSA) is 89.6 Å². The molecule has 0 aliphatic heterocycles. The van der Waals surface area contributed by atoms with E-state index in [0.717, 1.165) is 29.3 Å². The smallest absolute Gasteiger partial charge is 0.291 e. The number of rotatable bonds is 10. The zero-order valence-electron chi connectivity index (χ0n) is 19.7. The highest BCUT2D eigenvalue weighted by molar-refractivity contribution is 6.17. The second-order valence-corrected chi connectivity index (χ2v) is 8.15. The maximum Gasteiger partial charge on any atom is 0.291 e. The summed E-state index contributed by atoms with van der Waals surface area (Å²) < 4.78 is 8.53. The van der Waals surface area contributed by atoms with Crippen molar-refractivity contribution in [2.75, 3.05) is 26.3 Å². The molecule has 2 heterocycles. The third-order valence-corrected chi connectivity index (χ3v) is 5.92. The second-order valence-electron chi connectivity index (χ2n) is 8.15. The molecule has 32 heavy (non-hydrogen) atoms. The van der Waals surface area contributed by atoms with Crippen LogP contribution >= 0.6 is 0 Å². The summed E-state index contributed by atoms with van der Waals surface area (Å²) in [5, 5.41) is 16.4. The van der Waals surface area contributed by atoms with Crippen LogP contribution in [-0.4, -0.2) is 62.7 Å². The van der Waals surface area contributed by atoms with Gasteiger partial charge in [0.25, 0.3) is 11.5 Å². The van der Waals surface area contributed by atoms with Crippen LogP contribution in [0, 0.1) is 6.92 Å². The Kier molecular flexibility index (Phi) is 7.69. The van der Waals surface area contributed by atoms with E-state index in [2.05, 4.69) is 12.0 Å². The summed E-state index contributed by atoms with van der Waals surface area (Å²) in [5.41, 5.74) is 2.17. The SMILES string of the molecule is CCCCOCC(O)Cn1nc(C(=O)N(CC)CC)c2c3c(C)cccc3n(C)c2c1=O. The van der Waals surface area contributed by atoms with Gasteiger partial charge in [-0.1, -0.05) is 25.5 Å². The lowest BCUT2D eigenvalue weighted by Gasteiger charge is -2.20. The van der Waals surface area contributed by atoms with Crippen LogP contribution < -0.4 is 5.56 Å². The third kappa shape index (κ3) is 4.42. The Morgan fingerprint density at radius 3 is 2.59 bits per heavy atom. The minimum absolute atomic E-state index is 0.0417. The van der Waals surface area contributed by atoms with E-state index in [-0.39, 0.29) is 30.3 Å². The van der Waals surface area contributed by atoms with Crippen LogP contribution in [0.1, 0.15) is 49.7 Å². The summed E-state index contributed by atoms with van der Waals surface area (Å²) in [4.78, 5) is 28.6. The Balaban J connectivity index is 2.18. The van der Waals surface area contributed by atoms with E-state index in [1.807, 2.05) is 50.6 Å². The van der Waals surface area contributed by atoms with Crippen molar-refractivity contribution in [3.8, 4) is 0 Å². The molecule has 1 amide bonds. The molecule has 0 saturated heterocycles. The molecule has 8 heteroatoms. The van der Waals surface area contributed by atoms with Crippen LogP contribution in [-0.2, 0) is 18.3 Å². The van der Waals surface area contributed by atoms with Crippen molar-refractivity contribution in [2.45, 2.75) is 53.2 Å². The first-order valence-electron chi connectivity index (χ1n) is 11.4. The van der Waals surface area contributed by atoms with Crippen molar-refractivity contribution in [2.24, 2.45) is 7.05 Å². The predicted octanol–water partition coefficient (Wildman–Crippen LogP) is 2.86. The van der Waals surface area contributed by atoms with E-state index in [0.29, 0.717) is 30.6 Å². The standard InChI is InChI=1S/C24H34N4O4/c1-6-9-13-32-15-17(29)14-28-24(31)22-20(21(25-28)23(30)27(7-2)8-3)19-16(4)11-10-12-18(19)26(22)5/h10-12,17,29H,6-9,13-15H2,1-5H3. The molecule has 0 spiro atoms. The highest BCUT2D eigenvalue weighted by Crippen LogP contribution is 2.31. The van der Waals surface area contributed by atoms with Crippen molar-refractivity contribution in [1.29, 1.82) is 0 Å². The van der Waals surface area contributed by atoms with Gasteiger partial charge in [-0.2, -0.15) is 5.10 Å². The summed E-state index contributed by atoms with van der Waals surface area (Å²) in [6.45, 7) is 9.57. The number of aromatic nitrogens is 3. The number of ether oxygens (including phenoxy) is 1. The van der Waals surface area contributed by atoms with Crippen LogP contribution in [0.3, 0.4) is 0 Å². The number of amides is 1. The number of fused-ring (bicyclic) bond motifs is 3. The average Bonchev–Trinajstić information content (AvgIpc) is 3.08. The first-order valence-corrected chi connectivity index (χ1v) is 11.4. The number of aryl methyl sites for hydroxylation is 2. The first-order chi connectivity index (χ1) is 15.3. The van der Waals surface area contributed by atoms with Crippen LogP contribution in [0.25, 0.3) is 21.8 Å². The van der Waals surface area contributed by atoms with Crippen LogP contribution in [0.4, 0.5) is 0 Å². The predicted molar refractivity (Wildman–Crippen MR) is 126 cm³/mol. The molecule has 1 aromatic carbocycles. The van der Waals surface area contributed by atoms with Crippen molar-refractivity contribution in [3.05, 3.63) is 39.8 Å². The minimum Gasteiger partial charge on any atom is -0.389 e. The van der Waals surface area contributed by atoms with Gasteiger partial charge < -0.3 is 19.3 Å². The summed E-state index contributed by atoms with van der Waals surface area (Å²) >= 11 is 0. The lowest BCUT2D eigenvalue weighted by molar-refractivity contribution is 0.0245. The Bertz CT molecular complexity index is 1160. The molecule has 1 N–H and O–H groups in total. The number of hydrogen-bond donors (Lipinski definition) is 1. The quantitative estimate of drug-likeness (QED) is 0.488. The van der Waals surface area contributed by atoms with Gasteiger partial charge in [0.1, 0.15) is 5.52 Å². The zero-order valence-corrected chi connectivity index (χ0v) is 19.7. The molecule has 3 rings (SSSR count). The number of unbranched alkanes of at least 4 members (excludes halogenated alkanes) is 1. The van der Waals surface area contributed by atoms with Crippen molar-refractivity contribution in [3.63, 3.8) is 0 Å². The molecule has 3 aromatic rings. The molecule has 0 radical (unpaired) electrons. The van der Waals surface area contributed by atoms with Crippen LogP contribution in [0.5, 0.6) is 0 Å². The van der Waals surface area contributed by atoms with Gasteiger partial charge in [0.2, 0.25) is 0 Å². The highest BCUT2D eigenvalue weighted by Gasteiger charge is 2.26. The molecule has 1 unspecified atom stereocenters. The molecule has 0 bridgehead atoms. The summed E-state index contributed by atoms with van der Waals surface area (Å²) in [7, 11) is 1.83. The van der Waals surface area contributed by atoms with Crippen molar-refractivity contribution >= 4 is 27.7 Å². The fraction of sp³-hybridized carbons (Fsp3) is 0.542. The Hall–Kier alpha value is -2.71. The van der Waals surface area contributed by atoms with Gasteiger partial charge in [0.15, 0.2) is 5.69 Å². The van der Waals surface area contributed by atoms with Gasteiger partial charge in [0.05, 0.1) is 19.3 Å². The first kappa shape index (κ1) is 23.9. The molecule has 0 fully saturated rings. The van der Waals surface area contributed by atoms with Gasteiger partial charge >= 0.3 is 0 Å². The van der Waals surface area contributed by atoms with Crippen LogP contribution in [0.15, 0.2) is 23.0 Å². The normalized spacial score (nSPS) is 12.6. The van der Waals surface area contributed by atoms with E-state index in [4.69, 9.17) is 4.74 Å². The number of aliphatic hydroxyl groups is 1. The Morgan fingerprint density at radius 1 is 1.22 bits per heavy atom. The molecule has 0 saturated carbocycles. The Morgan fingerprint density at radius 2 is 1.94 bits per heavy atom. The molecule has 174 valence electrons. The molecular formula is C24H34N4O4.